The fourth-order valence-electron chi connectivity index (χ4n) is 1.52. The molecule has 0 radical (unpaired) electrons. The lowest BCUT2D eigenvalue weighted by Crippen LogP contribution is -2.13. The van der Waals surface area contributed by atoms with Gasteiger partial charge in [0.05, 0.1) is 15.7 Å². The number of carbonyl (C=O) groups excluding carboxylic acids is 1. The van der Waals surface area contributed by atoms with E-state index in [1.54, 1.807) is 12.3 Å². The maximum absolute atomic E-state index is 11.0. The van der Waals surface area contributed by atoms with Crippen molar-refractivity contribution in [3.05, 3.63) is 28.0 Å². The van der Waals surface area contributed by atoms with E-state index in [-0.39, 0.29) is 11.8 Å². The van der Waals surface area contributed by atoms with Gasteiger partial charge in [-0.15, -0.1) is 0 Å². The zero-order valence-corrected chi connectivity index (χ0v) is 8.77. The van der Waals surface area contributed by atoms with Crippen LogP contribution in [0.15, 0.2) is 12.3 Å². The van der Waals surface area contributed by atoms with E-state index in [1.165, 1.54) is 0 Å². The van der Waals surface area contributed by atoms with Crippen LogP contribution in [0.4, 0.5) is 0 Å². The van der Waals surface area contributed by atoms with Crippen molar-refractivity contribution in [1.29, 1.82) is 0 Å². The van der Waals surface area contributed by atoms with E-state index in [2.05, 4.69) is 10.3 Å². The van der Waals surface area contributed by atoms with Crippen LogP contribution in [0.5, 0.6) is 0 Å². The number of amides is 1. The molecular weight excluding hydrogens is 223 g/mol. The van der Waals surface area contributed by atoms with Gasteiger partial charge >= 0.3 is 0 Å². The van der Waals surface area contributed by atoms with Crippen molar-refractivity contribution in [2.45, 2.75) is 12.3 Å². The number of nitrogens with zero attached hydrogens (tertiary/aromatic N) is 1. The standard InChI is InChI=1S/C9H8Cl2N2O/c10-6-2-7(11)9(13-4-6)5-1-8(14)12-3-5/h2,4-5H,1,3H2,(H,12,14). The summed E-state index contributed by atoms with van der Waals surface area (Å²) < 4.78 is 0. The molecule has 0 saturated carbocycles. The summed E-state index contributed by atoms with van der Waals surface area (Å²) in [6.45, 7) is 0.604. The van der Waals surface area contributed by atoms with Crippen molar-refractivity contribution in [3.63, 3.8) is 0 Å². The number of nitrogens with one attached hydrogen (secondary N) is 1. The quantitative estimate of drug-likeness (QED) is 0.802. The Kier molecular flexibility index (Phi) is 2.61. The Balaban J connectivity index is 2.28. The lowest BCUT2D eigenvalue weighted by atomic mass is 10.0. The minimum absolute atomic E-state index is 0.0443. The first-order chi connectivity index (χ1) is 6.66. The Hall–Kier alpha value is -0.800. The molecule has 1 aromatic rings. The molecule has 1 fully saturated rings. The van der Waals surface area contributed by atoms with E-state index in [0.29, 0.717) is 23.0 Å². The minimum Gasteiger partial charge on any atom is -0.355 e. The second-order valence-electron chi connectivity index (χ2n) is 3.23. The van der Waals surface area contributed by atoms with Gasteiger partial charge in [-0.05, 0) is 6.07 Å². The van der Waals surface area contributed by atoms with Gasteiger partial charge in [-0.25, -0.2) is 0 Å². The lowest BCUT2D eigenvalue weighted by molar-refractivity contribution is -0.119. The Morgan fingerprint density at radius 1 is 1.50 bits per heavy atom. The zero-order valence-electron chi connectivity index (χ0n) is 7.26. The van der Waals surface area contributed by atoms with Crippen molar-refractivity contribution in [2.24, 2.45) is 0 Å². The molecule has 1 amide bonds. The summed E-state index contributed by atoms with van der Waals surface area (Å²) in [5.74, 6) is 0.120. The molecule has 2 heterocycles. The third kappa shape index (κ3) is 1.83. The van der Waals surface area contributed by atoms with Gasteiger partial charge in [0, 0.05) is 25.1 Å². The van der Waals surface area contributed by atoms with Gasteiger partial charge in [-0.1, -0.05) is 23.2 Å². The number of hydrogen-bond donors (Lipinski definition) is 1. The SMILES string of the molecule is O=C1CC(c2ncc(Cl)cc2Cl)CN1. The molecule has 0 spiro atoms. The monoisotopic (exact) mass is 230 g/mol. The second kappa shape index (κ2) is 3.75. The number of aromatic nitrogens is 1. The van der Waals surface area contributed by atoms with Crippen LogP contribution < -0.4 is 5.32 Å². The van der Waals surface area contributed by atoms with Crippen molar-refractivity contribution in [1.82, 2.24) is 10.3 Å². The highest BCUT2D eigenvalue weighted by molar-refractivity contribution is 6.34. The summed E-state index contributed by atoms with van der Waals surface area (Å²) in [5, 5.41) is 3.78. The van der Waals surface area contributed by atoms with E-state index in [9.17, 15) is 4.79 Å². The average Bonchev–Trinajstić information content (AvgIpc) is 2.51. The molecule has 0 aliphatic carbocycles. The number of carbonyl (C=O) groups is 1. The van der Waals surface area contributed by atoms with E-state index < -0.39 is 0 Å². The second-order valence-corrected chi connectivity index (χ2v) is 4.07. The first-order valence-electron chi connectivity index (χ1n) is 4.24. The Morgan fingerprint density at radius 2 is 2.29 bits per heavy atom. The number of hydrogen-bond acceptors (Lipinski definition) is 2. The molecule has 0 bridgehead atoms. The van der Waals surface area contributed by atoms with Gasteiger partial charge in [0.2, 0.25) is 5.91 Å². The third-order valence-electron chi connectivity index (χ3n) is 2.20. The van der Waals surface area contributed by atoms with Crippen LogP contribution in [-0.2, 0) is 4.79 Å². The molecule has 3 nitrogen and oxygen atoms in total. The normalized spacial score (nSPS) is 21.0. The van der Waals surface area contributed by atoms with Crippen molar-refractivity contribution >= 4 is 29.1 Å². The molecule has 2 rings (SSSR count). The van der Waals surface area contributed by atoms with Crippen LogP contribution in [0.25, 0.3) is 0 Å². The van der Waals surface area contributed by atoms with E-state index in [1.807, 2.05) is 0 Å². The molecule has 1 aliphatic rings. The maximum atomic E-state index is 11.0. The van der Waals surface area contributed by atoms with Crippen LogP contribution in [0.3, 0.4) is 0 Å². The van der Waals surface area contributed by atoms with Crippen LogP contribution in [0, 0.1) is 0 Å². The largest absolute Gasteiger partial charge is 0.355 e. The molecule has 74 valence electrons. The Labute approximate surface area is 91.4 Å². The van der Waals surface area contributed by atoms with Crippen LogP contribution in [0.1, 0.15) is 18.0 Å². The average molecular weight is 231 g/mol. The Bertz CT molecular complexity index is 381. The fourth-order valence-corrected chi connectivity index (χ4v) is 2.06. The topological polar surface area (TPSA) is 42.0 Å². The maximum Gasteiger partial charge on any atom is 0.220 e. The number of halogens is 2. The van der Waals surface area contributed by atoms with Gasteiger partial charge in [-0.2, -0.15) is 0 Å². The molecule has 5 heteroatoms. The Morgan fingerprint density at radius 3 is 2.86 bits per heavy atom. The van der Waals surface area contributed by atoms with Crippen molar-refractivity contribution in [2.75, 3.05) is 6.54 Å². The highest BCUT2D eigenvalue weighted by Gasteiger charge is 2.25. The molecular formula is C9H8Cl2N2O. The van der Waals surface area contributed by atoms with Gasteiger partial charge < -0.3 is 5.32 Å². The van der Waals surface area contributed by atoms with E-state index in [4.69, 9.17) is 23.2 Å². The predicted molar refractivity (Wildman–Crippen MR) is 54.6 cm³/mol. The predicted octanol–water partition coefficient (Wildman–Crippen LogP) is 1.99. The summed E-state index contributed by atoms with van der Waals surface area (Å²) in [6, 6.07) is 1.65. The van der Waals surface area contributed by atoms with Crippen LogP contribution >= 0.6 is 23.2 Å². The summed E-state index contributed by atoms with van der Waals surface area (Å²) in [5.41, 5.74) is 0.745. The van der Waals surface area contributed by atoms with Gasteiger partial charge in [0.15, 0.2) is 0 Å². The van der Waals surface area contributed by atoms with Gasteiger partial charge in [-0.3, -0.25) is 9.78 Å². The van der Waals surface area contributed by atoms with Crippen molar-refractivity contribution < 1.29 is 4.79 Å². The van der Waals surface area contributed by atoms with E-state index in [0.717, 1.165) is 5.69 Å². The molecule has 14 heavy (non-hydrogen) atoms. The third-order valence-corrected chi connectivity index (χ3v) is 2.71. The molecule has 1 atom stereocenters. The highest BCUT2D eigenvalue weighted by atomic mass is 35.5. The molecule has 1 saturated heterocycles. The zero-order chi connectivity index (χ0) is 10.1. The van der Waals surface area contributed by atoms with Gasteiger partial charge in [0.25, 0.3) is 0 Å². The smallest absolute Gasteiger partial charge is 0.220 e. The first kappa shape index (κ1) is 9.74. The summed E-state index contributed by atoms with van der Waals surface area (Å²) in [4.78, 5) is 15.1. The summed E-state index contributed by atoms with van der Waals surface area (Å²) in [7, 11) is 0. The van der Waals surface area contributed by atoms with E-state index >= 15 is 0 Å². The molecule has 1 aliphatic heterocycles. The highest BCUT2D eigenvalue weighted by Crippen LogP contribution is 2.28. The summed E-state index contributed by atoms with van der Waals surface area (Å²) in [6.07, 6.45) is 2.00. The number of pyridine rings is 1. The lowest BCUT2D eigenvalue weighted by Gasteiger charge is -2.08. The van der Waals surface area contributed by atoms with Crippen molar-refractivity contribution in [3.8, 4) is 0 Å². The molecule has 0 aromatic carbocycles. The fraction of sp³-hybridized carbons (Fsp3) is 0.333. The number of rotatable bonds is 1. The molecule has 1 aromatic heterocycles. The van der Waals surface area contributed by atoms with Crippen LogP contribution in [-0.4, -0.2) is 17.4 Å². The molecule has 1 N–H and O–H groups in total. The molecule has 1 unspecified atom stereocenters. The first-order valence-corrected chi connectivity index (χ1v) is 5.00. The van der Waals surface area contributed by atoms with Gasteiger partial charge in [0.1, 0.15) is 0 Å². The summed E-state index contributed by atoms with van der Waals surface area (Å²) >= 11 is 11.7. The minimum atomic E-state index is 0.0443. The van der Waals surface area contributed by atoms with Crippen LogP contribution in [0.2, 0.25) is 10.0 Å².